The topological polar surface area (TPSA) is 59.1 Å². The standard InChI is InChI=1S/C21H28N2O4S/c1-5-27-20-9-7-6-8-18(20)22-12-14-23(15-13-22)28(24,25)21-11-10-19(26-4)16(2)17(21)3/h6-11H,5,12-15H2,1-4H3. The van der Waals surface area contributed by atoms with Crippen molar-refractivity contribution in [3.8, 4) is 11.5 Å². The Balaban J connectivity index is 1.79. The molecule has 0 atom stereocenters. The highest BCUT2D eigenvalue weighted by molar-refractivity contribution is 7.89. The van der Waals surface area contributed by atoms with E-state index in [9.17, 15) is 8.42 Å². The van der Waals surface area contributed by atoms with Gasteiger partial charge in [-0.15, -0.1) is 0 Å². The van der Waals surface area contributed by atoms with Gasteiger partial charge in [-0.25, -0.2) is 8.42 Å². The van der Waals surface area contributed by atoms with Crippen LogP contribution in [0.2, 0.25) is 0 Å². The van der Waals surface area contributed by atoms with Gasteiger partial charge in [-0.05, 0) is 56.2 Å². The molecule has 1 aliphatic rings. The van der Waals surface area contributed by atoms with Crippen molar-refractivity contribution in [3.05, 3.63) is 47.5 Å². The lowest BCUT2D eigenvalue weighted by molar-refractivity contribution is 0.337. The summed E-state index contributed by atoms with van der Waals surface area (Å²) >= 11 is 0. The van der Waals surface area contributed by atoms with E-state index >= 15 is 0 Å². The van der Waals surface area contributed by atoms with Crippen LogP contribution >= 0.6 is 0 Å². The van der Waals surface area contributed by atoms with Crippen molar-refractivity contribution in [2.45, 2.75) is 25.7 Å². The second kappa shape index (κ2) is 8.41. The van der Waals surface area contributed by atoms with Gasteiger partial charge >= 0.3 is 0 Å². The first-order valence-corrected chi connectivity index (χ1v) is 10.9. The summed E-state index contributed by atoms with van der Waals surface area (Å²) in [6.45, 7) is 8.40. The van der Waals surface area contributed by atoms with Gasteiger partial charge in [0.05, 0.1) is 24.3 Å². The number of rotatable bonds is 6. The van der Waals surface area contributed by atoms with Crippen molar-refractivity contribution in [3.63, 3.8) is 0 Å². The van der Waals surface area contributed by atoms with Crippen molar-refractivity contribution in [1.82, 2.24) is 4.31 Å². The van der Waals surface area contributed by atoms with Crippen LogP contribution in [0.25, 0.3) is 0 Å². The highest BCUT2D eigenvalue weighted by atomic mass is 32.2. The van der Waals surface area contributed by atoms with Crippen molar-refractivity contribution in [2.24, 2.45) is 0 Å². The molecule has 0 bridgehead atoms. The average Bonchev–Trinajstić information content (AvgIpc) is 2.70. The summed E-state index contributed by atoms with van der Waals surface area (Å²) in [7, 11) is -1.95. The molecular weight excluding hydrogens is 376 g/mol. The SMILES string of the molecule is CCOc1ccccc1N1CCN(S(=O)(=O)c2ccc(OC)c(C)c2C)CC1. The van der Waals surface area contributed by atoms with E-state index in [4.69, 9.17) is 9.47 Å². The lowest BCUT2D eigenvalue weighted by Crippen LogP contribution is -2.48. The quantitative estimate of drug-likeness (QED) is 0.740. The van der Waals surface area contributed by atoms with Gasteiger partial charge in [-0.1, -0.05) is 12.1 Å². The van der Waals surface area contributed by atoms with Crippen LogP contribution in [-0.4, -0.2) is 52.6 Å². The highest BCUT2D eigenvalue weighted by Crippen LogP contribution is 2.32. The number of hydrogen-bond donors (Lipinski definition) is 0. The fourth-order valence-corrected chi connectivity index (χ4v) is 5.28. The van der Waals surface area contributed by atoms with Crippen molar-refractivity contribution in [1.29, 1.82) is 0 Å². The molecule has 6 nitrogen and oxygen atoms in total. The van der Waals surface area contributed by atoms with Gasteiger partial charge in [0.2, 0.25) is 10.0 Å². The minimum absolute atomic E-state index is 0.356. The number of piperazine rings is 1. The molecule has 0 unspecified atom stereocenters. The predicted molar refractivity (Wildman–Crippen MR) is 111 cm³/mol. The third kappa shape index (κ3) is 3.82. The maximum atomic E-state index is 13.2. The number of methoxy groups -OCH3 is 1. The van der Waals surface area contributed by atoms with Crippen LogP contribution < -0.4 is 14.4 Å². The predicted octanol–water partition coefficient (Wildman–Crippen LogP) is 3.22. The summed E-state index contributed by atoms with van der Waals surface area (Å²) in [5.74, 6) is 1.54. The van der Waals surface area contributed by atoms with Crippen molar-refractivity contribution < 1.29 is 17.9 Å². The number of ether oxygens (including phenoxy) is 2. The molecule has 152 valence electrons. The van der Waals surface area contributed by atoms with E-state index in [-0.39, 0.29) is 0 Å². The molecule has 0 aliphatic carbocycles. The molecule has 2 aromatic carbocycles. The second-order valence-electron chi connectivity index (χ2n) is 6.81. The maximum Gasteiger partial charge on any atom is 0.243 e. The van der Waals surface area contributed by atoms with Crippen LogP contribution in [0.4, 0.5) is 5.69 Å². The minimum Gasteiger partial charge on any atom is -0.496 e. The first-order valence-electron chi connectivity index (χ1n) is 9.51. The van der Waals surface area contributed by atoms with Crippen LogP contribution in [0.15, 0.2) is 41.3 Å². The van der Waals surface area contributed by atoms with Crippen LogP contribution in [0.5, 0.6) is 11.5 Å². The van der Waals surface area contributed by atoms with Gasteiger partial charge < -0.3 is 14.4 Å². The van der Waals surface area contributed by atoms with Gasteiger partial charge in [0.15, 0.2) is 0 Å². The Kier molecular flexibility index (Phi) is 6.15. The van der Waals surface area contributed by atoms with Gasteiger partial charge in [0.1, 0.15) is 11.5 Å². The maximum absolute atomic E-state index is 13.2. The van der Waals surface area contributed by atoms with Crippen LogP contribution in [0, 0.1) is 13.8 Å². The van der Waals surface area contributed by atoms with Gasteiger partial charge in [0.25, 0.3) is 0 Å². The second-order valence-corrected chi connectivity index (χ2v) is 8.71. The van der Waals surface area contributed by atoms with E-state index < -0.39 is 10.0 Å². The van der Waals surface area contributed by atoms with Gasteiger partial charge in [0, 0.05) is 26.2 Å². The first kappa shape index (κ1) is 20.5. The first-order chi connectivity index (χ1) is 13.4. The average molecular weight is 405 g/mol. The van der Waals surface area contributed by atoms with E-state index in [1.54, 1.807) is 23.5 Å². The molecule has 1 fully saturated rings. The van der Waals surface area contributed by atoms with E-state index in [1.165, 1.54) is 0 Å². The molecule has 0 saturated carbocycles. The Bertz CT molecular complexity index is 935. The molecule has 0 amide bonds. The lowest BCUT2D eigenvalue weighted by Gasteiger charge is -2.36. The Hall–Kier alpha value is -2.25. The Labute approximate surface area is 167 Å². The molecule has 0 radical (unpaired) electrons. The van der Waals surface area contributed by atoms with Crippen LogP contribution in [0.1, 0.15) is 18.1 Å². The number of nitrogens with zero attached hydrogens (tertiary/aromatic N) is 2. The number of para-hydroxylation sites is 2. The number of sulfonamides is 1. The van der Waals surface area contributed by atoms with Crippen molar-refractivity contribution in [2.75, 3.05) is 44.8 Å². The van der Waals surface area contributed by atoms with Crippen molar-refractivity contribution >= 4 is 15.7 Å². The summed E-state index contributed by atoms with van der Waals surface area (Å²) in [5, 5.41) is 0. The van der Waals surface area contributed by atoms with Gasteiger partial charge in [-0.3, -0.25) is 0 Å². The third-order valence-electron chi connectivity index (χ3n) is 5.27. The normalized spacial score (nSPS) is 15.5. The monoisotopic (exact) mass is 404 g/mol. The van der Waals surface area contributed by atoms with E-state index in [0.29, 0.717) is 43.4 Å². The smallest absolute Gasteiger partial charge is 0.243 e. The molecule has 28 heavy (non-hydrogen) atoms. The summed E-state index contributed by atoms with van der Waals surface area (Å²) in [6.07, 6.45) is 0. The van der Waals surface area contributed by atoms with E-state index in [2.05, 4.69) is 4.90 Å². The molecule has 0 aromatic heterocycles. The highest BCUT2D eigenvalue weighted by Gasteiger charge is 2.31. The molecule has 1 heterocycles. The zero-order chi connectivity index (χ0) is 20.3. The fourth-order valence-electron chi connectivity index (χ4n) is 3.58. The molecule has 0 N–H and O–H groups in total. The minimum atomic E-state index is -3.55. The van der Waals surface area contributed by atoms with E-state index in [1.807, 2.05) is 45.0 Å². The summed E-state index contributed by atoms with van der Waals surface area (Å²) in [5.41, 5.74) is 2.61. The molecule has 7 heteroatoms. The number of anilines is 1. The van der Waals surface area contributed by atoms with E-state index in [0.717, 1.165) is 22.6 Å². The zero-order valence-electron chi connectivity index (χ0n) is 16.9. The third-order valence-corrected chi connectivity index (χ3v) is 7.31. The largest absolute Gasteiger partial charge is 0.496 e. The Morgan fingerprint density at radius 1 is 0.929 bits per heavy atom. The molecule has 1 saturated heterocycles. The molecule has 3 rings (SSSR count). The summed E-state index contributed by atoms with van der Waals surface area (Å²) in [4.78, 5) is 2.54. The Morgan fingerprint density at radius 3 is 2.25 bits per heavy atom. The lowest BCUT2D eigenvalue weighted by atomic mass is 10.1. The van der Waals surface area contributed by atoms with Gasteiger partial charge in [-0.2, -0.15) is 4.31 Å². The molecule has 2 aromatic rings. The molecular formula is C21H28N2O4S. The Morgan fingerprint density at radius 2 is 1.61 bits per heavy atom. The number of benzene rings is 2. The van der Waals surface area contributed by atoms with Crippen LogP contribution in [-0.2, 0) is 10.0 Å². The molecule has 0 spiro atoms. The summed E-state index contributed by atoms with van der Waals surface area (Å²) in [6, 6.07) is 11.3. The number of hydrogen-bond acceptors (Lipinski definition) is 5. The molecule has 1 aliphatic heterocycles. The summed E-state index contributed by atoms with van der Waals surface area (Å²) < 4.78 is 39.0. The fraction of sp³-hybridized carbons (Fsp3) is 0.429. The van der Waals surface area contributed by atoms with Crippen LogP contribution in [0.3, 0.4) is 0 Å². The zero-order valence-corrected chi connectivity index (χ0v) is 17.8.